The van der Waals surface area contributed by atoms with E-state index in [4.69, 9.17) is 10.5 Å². The molecule has 2 aromatic rings. The highest BCUT2D eigenvalue weighted by Crippen LogP contribution is 2.20. The summed E-state index contributed by atoms with van der Waals surface area (Å²) in [6.45, 7) is 0.462. The predicted molar refractivity (Wildman–Crippen MR) is 79.6 cm³/mol. The van der Waals surface area contributed by atoms with Crippen molar-refractivity contribution in [1.29, 1.82) is 0 Å². The zero-order valence-corrected chi connectivity index (χ0v) is 11.7. The van der Waals surface area contributed by atoms with Crippen LogP contribution >= 0.6 is 0 Å². The Kier molecular flexibility index (Phi) is 4.25. The molecule has 0 atom stereocenters. The van der Waals surface area contributed by atoms with E-state index < -0.39 is 0 Å². The number of nitrogens with two attached hydrogens (primary N) is 1. The molecule has 2 aromatic carbocycles. The van der Waals surface area contributed by atoms with Gasteiger partial charge < -0.3 is 15.4 Å². The second kappa shape index (κ2) is 6.10. The molecule has 4 heteroatoms. The Morgan fingerprint density at radius 3 is 2.50 bits per heavy atom. The molecule has 0 bridgehead atoms. The van der Waals surface area contributed by atoms with Gasteiger partial charge in [-0.2, -0.15) is 0 Å². The van der Waals surface area contributed by atoms with Crippen molar-refractivity contribution >= 4 is 11.6 Å². The Morgan fingerprint density at radius 1 is 1.15 bits per heavy atom. The minimum Gasteiger partial charge on any atom is -0.496 e. The molecule has 1 amide bonds. The number of para-hydroxylation sites is 2. The fourth-order valence-electron chi connectivity index (χ4n) is 2.03. The minimum absolute atomic E-state index is 0.0919. The van der Waals surface area contributed by atoms with Gasteiger partial charge in [0.1, 0.15) is 5.75 Å². The zero-order valence-electron chi connectivity index (χ0n) is 11.7. The zero-order chi connectivity index (χ0) is 14.5. The molecule has 0 radical (unpaired) electrons. The summed E-state index contributed by atoms with van der Waals surface area (Å²) in [7, 11) is 3.31. The Hall–Kier alpha value is -2.49. The van der Waals surface area contributed by atoms with E-state index in [0.29, 0.717) is 23.5 Å². The highest BCUT2D eigenvalue weighted by atomic mass is 16.5. The number of nitrogens with zero attached hydrogens (tertiary/aromatic N) is 1. The van der Waals surface area contributed by atoms with E-state index in [9.17, 15) is 4.79 Å². The molecule has 2 rings (SSSR count). The third-order valence-corrected chi connectivity index (χ3v) is 3.15. The molecule has 0 spiro atoms. The molecular formula is C16H18N2O2. The summed E-state index contributed by atoms with van der Waals surface area (Å²) >= 11 is 0. The van der Waals surface area contributed by atoms with E-state index >= 15 is 0 Å². The van der Waals surface area contributed by atoms with E-state index in [1.807, 2.05) is 36.4 Å². The lowest BCUT2D eigenvalue weighted by atomic mass is 10.1. The van der Waals surface area contributed by atoms with Crippen LogP contribution in [0.25, 0.3) is 0 Å². The van der Waals surface area contributed by atoms with Gasteiger partial charge in [0.05, 0.1) is 12.7 Å². The van der Waals surface area contributed by atoms with Crippen molar-refractivity contribution in [1.82, 2.24) is 4.90 Å². The van der Waals surface area contributed by atoms with Crippen LogP contribution in [-0.2, 0) is 6.54 Å². The number of anilines is 1. The van der Waals surface area contributed by atoms with Crippen LogP contribution in [0.15, 0.2) is 48.5 Å². The number of carbonyl (C=O) groups excluding carboxylic acids is 1. The Bertz CT molecular complexity index is 611. The molecule has 4 nitrogen and oxygen atoms in total. The molecule has 0 aliphatic carbocycles. The molecule has 0 unspecified atom stereocenters. The summed E-state index contributed by atoms with van der Waals surface area (Å²) in [4.78, 5) is 14.1. The summed E-state index contributed by atoms with van der Waals surface area (Å²) in [5.41, 5.74) is 8.07. The SMILES string of the molecule is COc1ccccc1C(=O)N(C)Cc1ccccc1N. The second-order valence-electron chi connectivity index (χ2n) is 4.56. The van der Waals surface area contributed by atoms with Gasteiger partial charge in [-0.1, -0.05) is 30.3 Å². The van der Waals surface area contributed by atoms with E-state index in [0.717, 1.165) is 5.56 Å². The normalized spacial score (nSPS) is 10.1. The molecule has 2 N–H and O–H groups in total. The van der Waals surface area contributed by atoms with Crippen LogP contribution in [0.3, 0.4) is 0 Å². The van der Waals surface area contributed by atoms with Crippen molar-refractivity contribution in [3.63, 3.8) is 0 Å². The van der Waals surface area contributed by atoms with Gasteiger partial charge in [0.25, 0.3) is 5.91 Å². The van der Waals surface area contributed by atoms with Crippen LogP contribution in [-0.4, -0.2) is 25.0 Å². The van der Waals surface area contributed by atoms with Crippen LogP contribution in [0.1, 0.15) is 15.9 Å². The molecule has 0 fully saturated rings. The van der Waals surface area contributed by atoms with Crippen molar-refractivity contribution in [2.45, 2.75) is 6.54 Å². The molecule has 20 heavy (non-hydrogen) atoms. The summed E-state index contributed by atoms with van der Waals surface area (Å²) in [6.07, 6.45) is 0. The first-order valence-corrected chi connectivity index (χ1v) is 6.35. The number of benzene rings is 2. The minimum atomic E-state index is -0.0919. The van der Waals surface area contributed by atoms with Gasteiger partial charge >= 0.3 is 0 Å². The number of hydrogen-bond donors (Lipinski definition) is 1. The average molecular weight is 270 g/mol. The Morgan fingerprint density at radius 2 is 1.80 bits per heavy atom. The maximum atomic E-state index is 12.4. The highest BCUT2D eigenvalue weighted by molar-refractivity contribution is 5.96. The molecule has 0 saturated heterocycles. The number of rotatable bonds is 4. The number of nitrogen functional groups attached to an aromatic ring is 1. The summed E-state index contributed by atoms with van der Waals surface area (Å²) in [5.74, 6) is 0.482. The van der Waals surface area contributed by atoms with Crippen LogP contribution < -0.4 is 10.5 Å². The third-order valence-electron chi connectivity index (χ3n) is 3.15. The monoisotopic (exact) mass is 270 g/mol. The van der Waals surface area contributed by atoms with Crippen molar-refractivity contribution in [3.05, 3.63) is 59.7 Å². The maximum absolute atomic E-state index is 12.4. The van der Waals surface area contributed by atoms with E-state index in [-0.39, 0.29) is 5.91 Å². The molecule has 0 aliphatic heterocycles. The van der Waals surface area contributed by atoms with Crippen molar-refractivity contribution in [2.75, 3.05) is 19.9 Å². The van der Waals surface area contributed by atoms with Crippen LogP contribution in [0.4, 0.5) is 5.69 Å². The van der Waals surface area contributed by atoms with Gasteiger partial charge in [-0.05, 0) is 23.8 Å². The first-order valence-electron chi connectivity index (χ1n) is 6.35. The largest absolute Gasteiger partial charge is 0.496 e. The van der Waals surface area contributed by atoms with Crippen LogP contribution in [0, 0.1) is 0 Å². The number of hydrogen-bond acceptors (Lipinski definition) is 3. The molecular weight excluding hydrogens is 252 g/mol. The molecule has 104 valence electrons. The standard InChI is InChI=1S/C16H18N2O2/c1-18(11-12-7-3-5-9-14(12)17)16(19)13-8-4-6-10-15(13)20-2/h3-10H,11,17H2,1-2H3. The van der Waals surface area contributed by atoms with E-state index in [1.54, 1.807) is 31.2 Å². The molecule has 0 saturated carbocycles. The maximum Gasteiger partial charge on any atom is 0.257 e. The number of methoxy groups -OCH3 is 1. The lowest BCUT2D eigenvalue weighted by molar-refractivity contribution is 0.0782. The number of amides is 1. The van der Waals surface area contributed by atoms with Gasteiger partial charge in [0, 0.05) is 19.3 Å². The van der Waals surface area contributed by atoms with Crippen molar-refractivity contribution < 1.29 is 9.53 Å². The quantitative estimate of drug-likeness (QED) is 0.869. The fraction of sp³-hybridized carbons (Fsp3) is 0.188. The summed E-state index contributed by atoms with van der Waals surface area (Å²) in [6, 6.07) is 14.7. The first kappa shape index (κ1) is 13.9. The average Bonchev–Trinajstić information content (AvgIpc) is 2.48. The smallest absolute Gasteiger partial charge is 0.257 e. The lowest BCUT2D eigenvalue weighted by Crippen LogP contribution is -2.27. The van der Waals surface area contributed by atoms with Gasteiger partial charge in [0.15, 0.2) is 0 Å². The van der Waals surface area contributed by atoms with Crippen LogP contribution in [0.5, 0.6) is 5.75 Å². The predicted octanol–water partition coefficient (Wildman–Crippen LogP) is 2.55. The van der Waals surface area contributed by atoms with E-state index in [2.05, 4.69) is 0 Å². The van der Waals surface area contributed by atoms with Crippen molar-refractivity contribution in [2.24, 2.45) is 0 Å². The highest BCUT2D eigenvalue weighted by Gasteiger charge is 2.16. The molecule has 0 aromatic heterocycles. The van der Waals surface area contributed by atoms with Crippen LogP contribution in [0.2, 0.25) is 0 Å². The fourth-order valence-corrected chi connectivity index (χ4v) is 2.03. The molecule has 0 heterocycles. The van der Waals surface area contributed by atoms with Gasteiger partial charge in [-0.3, -0.25) is 4.79 Å². The second-order valence-corrected chi connectivity index (χ2v) is 4.56. The topological polar surface area (TPSA) is 55.6 Å². The first-order chi connectivity index (χ1) is 9.63. The van der Waals surface area contributed by atoms with E-state index in [1.165, 1.54) is 0 Å². The van der Waals surface area contributed by atoms with Gasteiger partial charge in [-0.15, -0.1) is 0 Å². The number of ether oxygens (including phenoxy) is 1. The molecule has 0 aliphatic rings. The summed E-state index contributed by atoms with van der Waals surface area (Å²) < 4.78 is 5.22. The Labute approximate surface area is 118 Å². The van der Waals surface area contributed by atoms with Gasteiger partial charge in [0.2, 0.25) is 0 Å². The Balaban J connectivity index is 2.19. The number of carbonyl (C=O) groups is 1. The van der Waals surface area contributed by atoms with Crippen molar-refractivity contribution in [3.8, 4) is 5.75 Å². The lowest BCUT2D eigenvalue weighted by Gasteiger charge is -2.19. The van der Waals surface area contributed by atoms with Gasteiger partial charge in [-0.25, -0.2) is 0 Å². The third kappa shape index (κ3) is 2.91. The summed E-state index contributed by atoms with van der Waals surface area (Å²) in [5, 5.41) is 0.